The number of rotatable bonds is 6. The van der Waals surface area contributed by atoms with Crippen LogP contribution in [-0.2, 0) is 0 Å². The van der Waals surface area contributed by atoms with Crippen LogP contribution in [0.3, 0.4) is 0 Å². The molecule has 7 aromatic carbocycles. The van der Waals surface area contributed by atoms with Crippen LogP contribution in [0.2, 0.25) is 0 Å². The molecule has 3 heteroatoms. The van der Waals surface area contributed by atoms with Crippen LogP contribution in [0.15, 0.2) is 176 Å². The zero-order valence-electron chi connectivity index (χ0n) is 25.1. The maximum absolute atomic E-state index is 5.00. The first-order chi connectivity index (χ1) is 22.8. The standard InChI is InChI=1S/C43H29N3/c1-4-11-30(12-5-1)32-19-21-34(22-20-32)42-44-41(33-15-8-3-9-16-33)45-43(46-42)40-18-10-17-35(29-40)37-25-26-38-27-36(23-24-39(38)28-37)31-13-6-2-7-14-31/h1-29H. The summed E-state index contributed by atoms with van der Waals surface area (Å²) in [6, 6.07) is 61.2. The largest absolute Gasteiger partial charge is 0.208 e. The third-order valence-corrected chi connectivity index (χ3v) is 8.32. The topological polar surface area (TPSA) is 38.7 Å². The summed E-state index contributed by atoms with van der Waals surface area (Å²) in [5, 5.41) is 2.42. The molecule has 8 aromatic rings. The van der Waals surface area contributed by atoms with E-state index in [1.54, 1.807) is 0 Å². The fourth-order valence-corrected chi connectivity index (χ4v) is 5.87. The predicted molar refractivity (Wildman–Crippen MR) is 190 cm³/mol. The van der Waals surface area contributed by atoms with E-state index in [2.05, 4.69) is 140 Å². The second kappa shape index (κ2) is 12.1. The lowest BCUT2D eigenvalue weighted by molar-refractivity contribution is 1.07. The van der Waals surface area contributed by atoms with E-state index in [0.717, 1.165) is 33.4 Å². The number of nitrogens with zero attached hydrogens (tertiary/aromatic N) is 3. The summed E-state index contributed by atoms with van der Waals surface area (Å²) in [7, 11) is 0. The van der Waals surface area contributed by atoms with Crippen LogP contribution in [0.25, 0.3) is 78.3 Å². The Bertz CT molecular complexity index is 2280. The molecule has 0 bridgehead atoms. The minimum Gasteiger partial charge on any atom is -0.208 e. The highest BCUT2D eigenvalue weighted by Gasteiger charge is 2.13. The third kappa shape index (κ3) is 5.58. The van der Waals surface area contributed by atoms with Crippen molar-refractivity contribution in [2.45, 2.75) is 0 Å². The van der Waals surface area contributed by atoms with Gasteiger partial charge in [0.15, 0.2) is 17.5 Å². The average molecular weight is 588 g/mol. The lowest BCUT2D eigenvalue weighted by Crippen LogP contribution is -2.00. The van der Waals surface area contributed by atoms with Gasteiger partial charge in [-0.25, -0.2) is 15.0 Å². The Morgan fingerprint density at radius 3 is 1.11 bits per heavy atom. The normalized spacial score (nSPS) is 11.0. The van der Waals surface area contributed by atoms with Gasteiger partial charge in [0.2, 0.25) is 0 Å². The van der Waals surface area contributed by atoms with Crippen molar-refractivity contribution in [1.82, 2.24) is 15.0 Å². The SMILES string of the molecule is c1ccc(-c2ccc(-c3nc(-c4ccccc4)nc(-c4cccc(-c5ccc6cc(-c7ccccc7)ccc6c5)c4)n3)cc2)cc1. The van der Waals surface area contributed by atoms with E-state index in [-0.39, 0.29) is 0 Å². The van der Waals surface area contributed by atoms with Crippen molar-refractivity contribution < 1.29 is 0 Å². The van der Waals surface area contributed by atoms with Gasteiger partial charge in [-0.2, -0.15) is 0 Å². The molecule has 0 spiro atoms. The molecule has 0 unspecified atom stereocenters. The molecule has 0 aliphatic heterocycles. The predicted octanol–water partition coefficient (Wildman–Crippen LogP) is 11.0. The fourth-order valence-electron chi connectivity index (χ4n) is 5.87. The van der Waals surface area contributed by atoms with Crippen LogP contribution in [0.1, 0.15) is 0 Å². The van der Waals surface area contributed by atoms with Gasteiger partial charge in [-0.3, -0.25) is 0 Å². The van der Waals surface area contributed by atoms with Crippen molar-refractivity contribution in [2.24, 2.45) is 0 Å². The molecule has 1 heterocycles. The third-order valence-electron chi connectivity index (χ3n) is 8.32. The Hall–Kier alpha value is -6.19. The average Bonchev–Trinajstić information content (AvgIpc) is 3.15. The van der Waals surface area contributed by atoms with Gasteiger partial charge in [-0.15, -0.1) is 0 Å². The smallest absolute Gasteiger partial charge is 0.164 e. The monoisotopic (exact) mass is 587 g/mol. The van der Waals surface area contributed by atoms with Gasteiger partial charge >= 0.3 is 0 Å². The van der Waals surface area contributed by atoms with E-state index in [9.17, 15) is 0 Å². The highest BCUT2D eigenvalue weighted by molar-refractivity contribution is 5.91. The number of hydrogen-bond acceptors (Lipinski definition) is 3. The molecule has 8 rings (SSSR count). The van der Waals surface area contributed by atoms with Gasteiger partial charge in [-0.1, -0.05) is 158 Å². The van der Waals surface area contributed by atoms with Crippen LogP contribution < -0.4 is 0 Å². The molecule has 3 nitrogen and oxygen atoms in total. The first-order valence-electron chi connectivity index (χ1n) is 15.4. The van der Waals surface area contributed by atoms with Gasteiger partial charge in [-0.05, 0) is 62.4 Å². The van der Waals surface area contributed by atoms with Crippen molar-refractivity contribution in [1.29, 1.82) is 0 Å². The molecular weight excluding hydrogens is 558 g/mol. The molecule has 0 aliphatic rings. The Labute approximate surface area is 268 Å². The Kier molecular flexibility index (Phi) is 7.18. The molecule has 46 heavy (non-hydrogen) atoms. The summed E-state index contributed by atoms with van der Waals surface area (Å²) < 4.78 is 0. The van der Waals surface area contributed by atoms with Crippen LogP contribution in [0.4, 0.5) is 0 Å². The summed E-state index contributed by atoms with van der Waals surface area (Å²) in [6.45, 7) is 0. The van der Waals surface area contributed by atoms with Crippen LogP contribution in [0, 0.1) is 0 Å². The number of aromatic nitrogens is 3. The molecule has 0 saturated carbocycles. The second-order valence-corrected chi connectivity index (χ2v) is 11.3. The van der Waals surface area contributed by atoms with Crippen molar-refractivity contribution >= 4 is 10.8 Å². The van der Waals surface area contributed by atoms with Gasteiger partial charge < -0.3 is 0 Å². The van der Waals surface area contributed by atoms with Crippen molar-refractivity contribution in [3.8, 4) is 67.5 Å². The molecule has 1 aromatic heterocycles. The first kappa shape index (κ1) is 27.4. The van der Waals surface area contributed by atoms with Gasteiger partial charge in [0, 0.05) is 16.7 Å². The molecule has 0 atom stereocenters. The molecule has 0 fully saturated rings. The van der Waals surface area contributed by atoms with Gasteiger partial charge in [0.05, 0.1) is 0 Å². The van der Waals surface area contributed by atoms with E-state index < -0.39 is 0 Å². The minimum atomic E-state index is 0.645. The Balaban J connectivity index is 1.17. The lowest BCUT2D eigenvalue weighted by Gasteiger charge is -2.11. The van der Waals surface area contributed by atoms with E-state index >= 15 is 0 Å². The van der Waals surface area contributed by atoms with Crippen molar-refractivity contribution in [3.63, 3.8) is 0 Å². The van der Waals surface area contributed by atoms with Crippen molar-refractivity contribution in [3.05, 3.63) is 176 Å². The molecule has 0 radical (unpaired) electrons. The van der Waals surface area contributed by atoms with E-state index in [1.807, 2.05) is 36.4 Å². The van der Waals surface area contributed by atoms with Gasteiger partial charge in [0.25, 0.3) is 0 Å². The van der Waals surface area contributed by atoms with E-state index in [0.29, 0.717) is 17.5 Å². The molecule has 216 valence electrons. The summed E-state index contributed by atoms with van der Waals surface area (Å²) >= 11 is 0. The summed E-state index contributed by atoms with van der Waals surface area (Å²) in [4.78, 5) is 14.9. The van der Waals surface area contributed by atoms with E-state index in [1.165, 1.54) is 27.5 Å². The summed E-state index contributed by atoms with van der Waals surface area (Å²) in [5.74, 6) is 1.94. The molecular formula is C43H29N3. The zero-order valence-corrected chi connectivity index (χ0v) is 25.1. The highest BCUT2D eigenvalue weighted by Crippen LogP contribution is 2.32. The number of hydrogen-bond donors (Lipinski definition) is 0. The molecule has 0 amide bonds. The van der Waals surface area contributed by atoms with Crippen LogP contribution in [-0.4, -0.2) is 15.0 Å². The quantitative estimate of drug-likeness (QED) is 0.194. The molecule has 0 saturated heterocycles. The summed E-state index contributed by atoms with van der Waals surface area (Å²) in [5.41, 5.74) is 9.88. The lowest BCUT2D eigenvalue weighted by atomic mass is 9.97. The number of fused-ring (bicyclic) bond motifs is 1. The zero-order chi connectivity index (χ0) is 30.7. The second-order valence-electron chi connectivity index (χ2n) is 11.3. The van der Waals surface area contributed by atoms with Crippen LogP contribution in [0.5, 0.6) is 0 Å². The van der Waals surface area contributed by atoms with Crippen molar-refractivity contribution in [2.75, 3.05) is 0 Å². The van der Waals surface area contributed by atoms with E-state index in [4.69, 9.17) is 15.0 Å². The highest BCUT2D eigenvalue weighted by atomic mass is 15.0. The van der Waals surface area contributed by atoms with Crippen LogP contribution >= 0.6 is 0 Å². The van der Waals surface area contributed by atoms with Gasteiger partial charge in [0.1, 0.15) is 0 Å². The first-order valence-corrected chi connectivity index (χ1v) is 15.4. The summed E-state index contributed by atoms with van der Waals surface area (Å²) in [6.07, 6.45) is 0. The fraction of sp³-hybridized carbons (Fsp3) is 0. The molecule has 0 aliphatic carbocycles. The minimum absolute atomic E-state index is 0.645. The number of benzene rings is 7. The maximum Gasteiger partial charge on any atom is 0.164 e. The maximum atomic E-state index is 5.00. The molecule has 0 N–H and O–H groups in total. The Morgan fingerprint density at radius 2 is 0.543 bits per heavy atom. The Morgan fingerprint density at radius 1 is 0.217 bits per heavy atom.